The molecule has 0 bridgehead atoms. The monoisotopic (exact) mass is 790 g/mol. The van der Waals surface area contributed by atoms with Crippen LogP contribution in [0.4, 0.5) is 41.1 Å². The molecule has 4 heterocycles. The van der Waals surface area contributed by atoms with Gasteiger partial charge < -0.3 is 40.1 Å². The molecule has 4 saturated heterocycles. The second-order valence-electron chi connectivity index (χ2n) is 12.9. The van der Waals surface area contributed by atoms with Gasteiger partial charge in [0.1, 0.15) is 23.8 Å². The molecule has 4 amide bonds. The molecule has 3 N–H and O–H groups in total. The molecule has 2 atom stereocenters. The van der Waals surface area contributed by atoms with Crippen LogP contribution in [0.5, 0.6) is 0 Å². The van der Waals surface area contributed by atoms with E-state index in [1.807, 2.05) is 16.7 Å². The topological polar surface area (TPSA) is 144 Å². The highest BCUT2D eigenvalue weighted by Gasteiger charge is 2.34. The summed E-state index contributed by atoms with van der Waals surface area (Å²) in [4.78, 5) is 57.4. The van der Waals surface area contributed by atoms with Gasteiger partial charge in [-0.1, -0.05) is 24.4 Å². The van der Waals surface area contributed by atoms with Gasteiger partial charge in [-0.15, -0.1) is 0 Å². The van der Waals surface area contributed by atoms with Crippen LogP contribution in [0, 0.1) is 11.6 Å². The van der Waals surface area contributed by atoms with Gasteiger partial charge in [0.2, 0.25) is 11.8 Å². The third-order valence-electron chi connectivity index (χ3n) is 9.21. The van der Waals surface area contributed by atoms with E-state index in [1.165, 1.54) is 35.8 Å². The molecule has 2 aromatic rings. The Morgan fingerprint density at radius 1 is 0.778 bits per heavy atom. The second kappa shape index (κ2) is 19.6. The number of hydrogen-bond acceptors (Lipinski definition) is 11. The first-order valence-corrected chi connectivity index (χ1v) is 18.5. The number of halogens is 2. The molecule has 18 heteroatoms. The maximum absolute atomic E-state index is 14.7. The molecule has 0 spiro atoms. The van der Waals surface area contributed by atoms with Crippen molar-refractivity contribution in [2.45, 2.75) is 39.9 Å². The van der Waals surface area contributed by atoms with Crippen LogP contribution in [-0.2, 0) is 19.1 Å². The summed E-state index contributed by atoms with van der Waals surface area (Å²) in [5.74, 6) is -0.723. The van der Waals surface area contributed by atoms with E-state index < -0.39 is 23.8 Å². The molecular weight excluding hydrogens is 743 g/mol. The number of anilines is 4. The van der Waals surface area contributed by atoms with E-state index in [2.05, 4.69) is 17.5 Å². The maximum Gasteiger partial charge on any atom is 0.414 e. The van der Waals surface area contributed by atoms with E-state index in [4.69, 9.17) is 27.4 Å². The van der Waals surface area contributed by atoms with Crippen LogP contribution in [0.1, 0.15) is 27.7 Å². The van der Waals surface area contributed by atoms with Crippen molar-refractivity contribution in [3.63, 3.8) is 0 Å². The quantitative estimate of drug-likeness (QED) is 0.396. The Morgan fingerprint density at radius 3 is 1.50 bits per heavy atom. The van der Waals surface area contributed by atoms with Gasteiger partial charge in [-0.25, -0.2) is 18.4 Å². The minimum absolute atomic E-state index is 0.0332. The number of cyclic esters (lactones) is 2. The van der Waals surface area contributed by atoms with Crippen LogP contribution in [0.3, 0.4) is 0 Å². The largest absolute Gasteiger partial charge is 0.443 e. The maximum atomic E-state index is 14.7. The van der Waals surface area contributed by atoms with Crippen LogP contribution in [-0.4, -0.2) is 135 Å². The van der Waals surface area contributed by atoms with Crippen molar-refractivity contribution in [3.05, 3.63) is 48.0 Å². The third kappa shape index (κ3) is 10.9. The standard InChI is InChI=1S/C18H23FN4O3S.C16H21FN4O3.C2H4S/c1-12(27)20-10-15-11-23(18(25)26-15)14-3-4-17(16(19)9-14)22-7-5-21(6-8-22)13(2)24;1-11(22)19-4-6-20(7-5-19)15-3-2-12(8-14(15)17)21-10-13(9-18)24-16(21)23;1-2-3/h3-4,9,15H,5-8,10-11H2,1-2H3,(H,20,27);2-3,8,13H,4-7,9-10,18H2,1H3;2H,1H3/t15-;13-;/m00./s1. The Kier molecular flexibility index (Phi) is 15.3. The molecule has 294 valence electrons. The summed E-state index contributed by atoms with van der Waals surface area (Å²) in [7, 11) is 0. The lowest BCUT2D eigenvalue weighted by Gasteiger charge is -2.35. The van der Waals surface area contributed by atoms with E-state index in [0.717, 1.165) is 0 Å². The van der Waals surface area contributed by atoms with Crippen molar-refractivity contribution in [1.82, 2.24) is 15.1 Å². The highest BCUT2D eigenvalue weighted by molar-refractivity contribution is 7.80. The van der Waals surface area contributed by atoms with Crippen LogP contribution in [0.25, 0.3) is 0 Å². The lowest BCUT2D eigenvalue weighted by Crippen LogP contribution is -2.48. The molecule has 2 aromatic carbocycles. The second-order valence-corrected chi connectivity index (χ2v) is 14.0. The third-order valence-corrected chi connectivity index (χ3v) is 9.35. The van der Waals surface area contributed by atoms with Gasteiger partial charge in [-0.3, -0.25) is 19.4 Å². The van der Waals surface area contributed by atoms with Crippen LogP contribution < -0.4 is 30.7 Å². The predicted molar refractivity (Wildman–Crippen MR) is 212 cm³/mol. The number of hydrogen-bond donors (Lipinski definition) is 2. The van der Waals surface area contributed by atoms with Gasteiger partial charge in [0.25, 0.3) is 0 Å². The fourth-order valence-corrected chi connectivity index (χ4v) is 6.40. The summed E-state index contributed by atoms with van der Waals surface area (Å²) in [6.45, 7) is 12.6. The normalized spacial score (nSPS) is 19.6. The molecule has 4 fully saturated rings. The number of carbonyl (C=O) groups is 4. The van der Waals surface area contributed by atoms with Crippen molar-refractivity contribution in [1.29, 1.82) is 0 Å². The van der Waals surface area contributed by atoms with Crippen molar-refractivity contribution in [2.24, 2.45) is 5.73 Å². The van der Waals surface area contributed by atoms with Gasteiger partial charge in [-0.05, 0) is 55.6 Å². The van der Waals surface area contributed by atoms with Crippen LogP contribution in [0.15, 0.2) is 36.4 Å². The SMILES string of the molecule is CC(=O)N1CCN(c2ccc(N3C[C@H](CN)OC3=O)cc2F)CC1.CC(=O)N1CCN(c2ccc(N3C[C@H](CNC(C)=S)OC3=O)cc2F)CC1.CC=S. The lowest BCUT2D eigenvalue weighted by atomic mass is 10.2. The molecule has 6 rings (SSSR count). The van der Waals surface area contributed by atoms with Crippen molar-refractivity contribution < 1.29 is 37.4 Å². The predicted octanol–water partition coefficient (Wildman–Crippen LogP) is 3.54. The first-order valence-electron chi connectivity index (χ1n) is 17.7. The number of piperazine rings is 2. The molecule has 14 nitrogen and oxygen atoms in total. The number of benzene rings is 2. The summed E-state index contributed by atoms with van der Waals surface area (Å²) >= 11 is 9.22. The summed E-state index contributed by atoms with van der Waals surface area (Å²) in [6, 6.07) is 9.46. The van der Waals surface area contributed by atoms with Crippen LogP contribution >= 0.6 is 24.4 Å². The number of nitrogens with one attached hydrogen (secondary N) is 1. The Bertz CT molecular complexity index is 1690. The summed E-state index contributed by atoms with van der Waals surface area (Å²) in [5, 5.41) is 4.56. The number of nitrogens with zero attached hydrogens (tertiary/aromatic N) is 6. The Labute approximate surface area is 325 Å². The van der Waals surface area contributed by atoms with Crippen molar-refractivity contribution in [3.8, 4) is 0 Å². The summed E-state index contributed by atoms with van der Waals surface area (Å²) in [6.07, 6.45) is -1.70. The number of amides is 4. The highest BCUT2D eigenvalue weighted by Crippen LogP contribution is 2.30. The first kappa shape index (κ1) is 42.1. The number of nitrogens with two attached hydrogens (primary N) is 1. The van der Waals surface area contributed by atoms with Gasteiger partial charge in [0.05, 0.1) is 47.4 Å². The molecule has 0 radical (unpaired) electrons. The molecule has 4 aliphatic rings. The average Bonchev–Trinajstić information content (AvgIpc) is 3.72. The van der Waals surface area contributed by atoms with E-state index >= 15 is 0 Å². The fraction of sp³-hybridized carbons (Fsp3) is 0.500. The van der Waals surface area contributed by atoms with Crippen LogP contribution in [0.2, 0.25) is 0 Å². The van der Waals surface area contributed by atoms with Crippen molar-refractivity contribution >= 4 is 81.5 Å². The number of carbonyl (C=O) groups excluding carboxylic acids is 4. The molecule has 4 aliphatic heterocycles. The molecule has 0 unspecified atom stereocenters. The molecule has 0 aliphatic carbocycles. The Morgan fingerprint density at radius 2 is 1.17 bits per heavy atom. The van der Waals surface area contributed by atoms with Gasteiger partial charge in [0, 0.05) is 72.8 Å². The fourth-order valence-electron chi connectivity index (χ4n) is 6.32. The van der Waals surface area contributed by atoms with E-state index in [-0.39, 0.29) is 30.6 Å². The lowest BCUT2D eigenvalue weighted by molar-refractivity contribution is -0.129. The minimum atomic E-state index is -0.507. The average molecular weight is 791 g/mol. The summed E-state index contributed by atoms with van der Waals surface area (Å²) < 4.78 is 39.6. The van der Waals surface area contributed by atoms with E-state index in [0.29, 0.717) is 99.7 Å². The number of thiocarbonyl (C=S) groups is 2. The molecule has 0 aromatic heterocycles. The van der Waals surface area contributed by atoms with E-state index in [1.54, 1.807) is 46.4 Å². The Balaban J connectivity index is 0.000000226. The van der Waals surface area contributed by atoms with E-state index in [9.17, 15) is 28.0 Å². The smallest absolute Gasteiger partial charge is 0.414 e. The zero-order valence-corrected chi connectivity index (χ0v) is 32.6. The first-order chi connectivity index (χ1) is 25.8. The Hall–Kier alpha value is -4.68. The summed E-state index contributed by atoms with van der Waals surface area (Å²) in [5.41, 5.74) is 7.38. The highest BCUT2D eigenvalue weighted by atomic mass is 32.1. The minimum Gasteiger partial charge on any atom is -0.443 e. The van der Waals surface area contributed by atoms with Gasteiger partial charge >= 0.3 is 12.2 Å². The molecule has 54 heavy (non-hydrogen) atoms. The zero-order chi connectivity index (χ0) is 39.5. The van der Waals surface area contributed by atoms with Crippen molar-refractivity contribution in [2.75, 3.05) is 98.1 Å². The molecular formula is C36H48F2N8O6S2. The number of ether oxygens (including phenoxy) is 2. The number of rotatable bonds is 7. The van der Waals surface area contributed by atoms with Gasteiger partial charge in [0.15, 0.2) is 0 Å². The zero-order valence-electron chi connectivity index (χ0n) is 31.0. The molecule has 0 saturated carbocycles. The van der Waals surface area contributed by atoms with Gasteiger partial charge in [-0.2, -0.15) is 0 Å².